The summed E-state index contributed by atoms with van der Waals surface area (Å²) in [5.41, 5.74) is -6.36. The fourth-order valence-corrected chi connectivity index (χ4v) is 18.7. The Morgan fingerprint density at radius 1 is 0.388 bits per heavy atom. The standard InChI is InChI=1S/C25H26F3N5O2.C24H24F3N5O3.C23H21F6N5O2.C23H24F3N5O2/c1-13(16-7-4-8-17(20(16)26)21(27)28)31-22-18-11-19(24(34)32(2)23(18)30-12-29-22)25(35)33-14-5-3-6-15(33)10-9-14;1-12(15-4-3-5-16(19(15)25)20(26)27)30-21-17-8-18(23(33)31(2)22(17)29-11-28-21)24(34)32-9-14-7-6-13(32)10-35-14;1-11(12-5-4-6-13(16(12)24)17(25)26)32-18-14-7-15(20(35)33(3)19(14)31-10-30-18)21(36)34-8-22(2,9-34)23(27,28)29;1-12(13-6-5-7-14(17(13)24)18(25)26)29-19-15-8-16(22(33)31-9-23(2,3)10-31)21(32)30(4)20(15)28-11-27-19/h4,7-8,11-15,21H,3,5-6,9-10H2,1-2H3,(H,29,30,31);3-5,8,11-14,20H,6-7,9-10H2,1-2H3,(H,28,29,30);4-7,10-11,17H,8-9H2,1-3H3,(H,30,31,32);5-8,11-12,18H,9-10H2,1-4H3,(H,27,28,29)/t13-,14?,15?;12-,13?,14?;11-;12-/m1111/s1. The van der Waals surface area contributed by atoms with Crippen LogP contribution in [0.3, 0.4) is 0 Å². The molecule has 12 aromatic rings. The second-order valence-corrected chi connectivity index (χ2v) is 36.4. The summed E-state index contributed by atoms with van der Waals surface area (Å²) in [5.74, 6) is -5.14. The Kier molecular flexibility index (Phi) is 28.3. The lowest BCUT2D eigenvalue weighted by atomic mass is 9.81. The van der Waals surface area contributed by atoms with Crippen molar-refractivity contribution in [2.75, 3.05) is 60.6 Å². The van der Waals surface area contributed by atoms with Crippen LogP contribution in [0.15, 0.2) is 142 Å². The average molecular weight is 1950 g/mol. The third-order valence-corrected chi connectivity index (χ3v) is 26.3. The van der Waals surface area contributed by atoms with E-state index in [0.717, 1.165) is 91.9 Å². The van der Waals surface area contributed by atoms with Gasteiger partial charge in [0, 0.05) is 95.3 Å². The molecule has 44 heteroatoms. The van der Waals surface area contributed by atoms with Gasteiger partial charge < -0.3 is 45.6 Å². The van der Waals surface area contributed by atoms with E-state index in [1.807, 2.05) is 18.7 Å². The number of amides is 4. The molecule has 7 aliphatic rings. The van der Waals surface area contributed by atoms with Gasteiger partial charge in [0.25, 0.3) is 71.6 Å². The van der Waals surface area contributed by atoms with Gasteiger partial charge in [-0.1, -0.05) is 86.6 Å². The highest BCUT2D eigenvalue weighted by Crippen LogP contribution is 2.47. The van der Waals surface area contributed by atoms with Crippen molar-refractivity contribution in [1.29, 1.82) is 0 Å². The van der Waals surface area contributed by atoms with Crippen molar-refractivity contribution >= 4 is 91.0 Å². The zero-order chi connectivity index (χ0) is 100. The molecule has 29 nitrogen and oxygen atoms in total. The second-order valence-electron chi connectivity index (χ2n) is 36.4. The first-order chi connectivity index (χ1) is 65.8. The first-order valence-electron chi connectivity index (χ1n) is 44.4. The molecule has 4 N–H and O–H groups in total. The number of fused-ring (bicyclic) bond motifs is 9. The van der Waals surface area contributed by atoms with Crippen molar-refractivity contribution < 1.29 is 89.8 Å². The van der Waals surface area contributed by atoms with Crippen LogP contribution in [0.5, 0.6) is 0 Å². The molecule has 0 saturated carbocycles. The fraction of sp³-hybridized carbons (Fsp3) is 0.411. The highest BCUT2D eigenvalue weighted by atomic mass is 19.4. The number of hydrogen-bond acceptors (Lipinski definition) is 21. The van der Waals surface area contributed by atoms with Crippen molar-refractivity contribution in [3.63, 3.8) is 0 Å². The molecule has 4 aromatic carbocycles. The number of alkyl halides is 11. The molecule has 4 unspecified atom stereocenters. The molecule has 19 rings (SSSR count). The summed E-state index contributed by atoms with van der Waals surface area (Å²) in [6.45, 7) is 12.2. The molecule has 4 bridgehead atoms. The van der Waals surface area contributed by atoms with Gasteiger partial charge in [0.15, 0.2) is 0 Å². The number of ether oxygens (including phenoxy) is 1. The molecule has 7 fully saturated rings. The zero-order valence-electron chi connectivity index (χ0n) is 76.7. The third kappa shape index (κ3) is 19.5. The largest absolute Gasteiger partial charge is 0.397 e. The number of carbonyl (C=O) groups excluding carboxylic acids is 4. The maximum Gasteiger partial charge on any atom is 0.397 e. The van der Waals surface area contributed by atoms with Gasteiger partial charge in [-0.2, -0.15) is 13.2 Å². The number of pyridine rings is 4. The zero-order valence-corrected chi connectivity index (χ0v) is 76.7. The topological polar surface area (TPSA) is 330 Å². The Morgan fingerprint density at radius 2 is 0.669 bits per heavy atom. The lowest BCUT2D eigenvalue weighted by molar-refractivity contribution is -0.252. The van der Waals surface area contributed by atoms with Gasteiger partial charge in [-0.15, -0.1) is 0 Å². The maximum absolute atomic E-state index is 14.7. The van der Waals surface area contributed by atoms with Crippen LogP contribution < -0.4 is 43.5 Å². The summed E-state index contributed by atoms with van der Waals surface area (Å²) in [7, 11) is 5.90. The Morgan fingerprint density at radius 3 is 0.935 bits per heavy atom. The van der Waals surface area contributed by atoms with Crippen molar-refractivity contribution in [1.82, 2.24) is 77.7 Å². The van der Waals surface area contributed by atoms with E-state index < -0.39 is 148 Å². The van der Waals surface area contributed by atoms with Gasteiger partial charge >= 0.3 is 6.18 Å². The van der Waals surface area contributed by atoms with E-state index in [1.165, 1.54) is 141 Å². The quantitative estimate of drug-likeness (QED) is 0.0515. The number of halogens is 15. The first-order valence-corrected chi connectivity index (χ1v) is 44.4. The predicted molar refractivity (Wildman–Crippen MR) is 483 cm³/mol. The molecule has 0 spiro atoms. The van der Waals surface area contributed by atoms with E-state index in [9.17, 15) is 104 Å². The SMILES string of the molecule is C[C@@H](Nc1ncnc2c1cc(C(=O)N1C3CCCC1CC3)c(=O)n2C)c1cccc(C(F)F)c1F.C[C@@H](Nc1ncnc2c1cc(C(=O)N1CC(C)(C(F)(F)F)C1)c(=O)n2C)c1cccc(C(F)F)c1F.C[C@@H](Nc1ncnc2c1cc(C(=O)N1CC(C)(C)C1)c(=O)n2C)c1cccc(C(F)F)c1F.C[C@@H](Nc1ncnc2c1cc(C(=O)N1CC3CCC1CO3)c(=O)n2C)c1cccc(C(F)F)c1F. The summed E-state index contributed by atoms with van der Waals surface area (Å²) >= 11 is 0. The molecule has 4 amide bonds. The van der Waals surface area contributed by atoms with Crippen LogP contribution in [0.25, 0.3) is 44.1 Å². The van der Waals surface area contributed by atoms with Crippen molar-refractivity contribution in [2.24, 2.45) is 39.0 Å². The number of nitrogens with one attached hydrogen (secondary N) is 4. The van der Waals surface area contributed by atoms with Gasteiger partial charge in [-0.3, -0.25) is 56.6 Å². The van der Waals surface area contributed by atoms with E-state index >= 15 is 0 Å². The number of hydrogen-bond donors (Lipinski definition) is 4. The number of piperidine rings is 2. The van der Waals surface area contributed by atoms with E-state index in [4.69, 9.17) is 4.74 Å². The van der Waals surface area contributed by atoms with Crippen molar-refractivity contribution in [2.45, 2.75) is 174 Å². The van der Waals surface area contributed by atoms with Crippen LogP contribution in [0.4, 0.5) is 89.1 Å². The number of benzene rings is 4. The number of rotatable bonds is 20. The minimum absolute atomic E-state index is 0.000160. The third-order valence-electron chi connectivity index (χ3n) is 26.3. The molecule has 8 atom stereocenters. The maximum atomic E-state index is 14.7. The summed E-state index contributed by atoms with van der Waals surface area (Å²) in [6, 6.07) is 17.8. The monoisotopic (exact) mass is 1940 g/mol. The Balaban J connectivity index is 0.000000140. The van der Waals surface area contributed by atoms with Gasteiger partial charge in [0.2, 0.25) is 0 Å². The van der Waals surface area contributed by atoms with Crippen LogP contribution in [0, 0.1) is 34.1 Å². The summed E-state index contributed by atoms with van der Waals surface area (Å²) in [5, 5.41) is 13.3. The Hall–Kier alpha value is -14.0. The van der Waals surface area contributed by atoms with Gasteiger partial charge in [-0.25, -0.2) is 92.6 Å². The minimum atomic E-state index is -4.50. The number of anilines is 4. The van der Waals surface area contributed by atoms with Gasteiger partial charge in [0.05, 0.1) is 92.1 Å². The van der Waals surface area contributed by atoms with Gasteiger partial charge in [0.1, 0.15) is 117 Å². The number of aryl methyl sites for hydroxylation is 4. The van der Waals surface area contributed by atoms with Crippen molar-refractivity contribution in [3.05, 3.63) is 254 Å². The summed E-state index contributed by atoms with van der Waals surface area (Å²) < 4.78 is 214. The second kappa shape index (κ2) is 39.5. The molecule has 0 aliphatic carbocycles. The summed E-state index contributed by atoms with van der Waals surface area (Å²) in [6.07, 6.45) is -4.96. The number of morpholine rings is 1. The Labute approximate surface area is 782 Å². The molecule has 734 valence electrons. The van der Waals surface area contributed by atoms with E-state index in [0.29, 0.717) is 48.0 Å². The highest BCUT2D eigenvalue weighted by molar-refractivity contribution is 6.03. The number of nitrogens with zero attached hydrogens (tertiary/aromatic N) is 16. The van der Waals surface area contributed by atoms with Crippen LogP contribution in [-0.4, -0.2) is 171 Å². The minimum Gasteiger partial charge on any atom is -0.374 e. The molecule has 8 aromatic heterocycles. The molecular formula is C95H95F15N20O9. The lowest BCUT2D eigenvalue weighted by Gasteiger charge is -2.48. The molecule has 0 radical (unpaired) electrons. The van der Waals surface area contributed by atoms with Crippen molar-refractivity contribution in [3.8, 4) is 0 Å². The highest BCUT2D eigenvalue weighted by Gasteiger charge is 2.60. The smallest absolute Gasteiger partial charge is 0.374 e. The lowest BCUT2D eigenvalue weighted by Crippen LogP contribution is -2.63. The van der Waals surface area contributed by atoms with E-state index in [-0.39, 0.29) is 137 Å². The molecule has 15 heterocycles. The number of aromatic nitrogens is 12. The fourth-order valence-electron chi connectivity index (χ4n) is 18.7. The van der Waals surface area contributed by atoms with E-state index in [2.05, 4.69) is 61.1 Å². The number of likely N-dealkylation sites (tertiary alicyclic amines) is 2. The van der Waals surface area contributed by atoms with Crippen LogP contribution in [0.1, 0.15) is 229 Å². The Bertz CT molecular complexity index is 7040. The summed E-state index contributed by atoms with van der Waals surface area (Å²) in [4.78, 5) is 144. The van der Waals surface area contributed by atoms with E-state index in [1.54, 1.807) is 30.6 Å². The van der Waals surface area contributed by atoms with Crippen LogP contribution in [0.2, 0.25) is 0 Å². The van der Waals surface area contributed by atoms with Crippen LogP contribution in [-0.2, 0) is 32.9 Å². The average Bonchev–Trinajstić information content (AvgIpc) is 1.63. The van der Waals surface area contributed by atoms with Gasteiger partial charge in [-0.05, 0) is 109 Å². The molecular weight excluding hydrogens is 1850 g/mol. The normalized spacial score (nSPS) is 18.3. The first kappa shape index (κ1) is 99.5. The predicted octanol–water partition coefficient (Wildman–Crippen LogP) is 17.0. The van der Waals surface area contributed by atoms with Crippen LogP contribution >= 0.6 is 0 Å². The number of carbonyl (C=O) groups is 4. The molecule has 7 saturated heterocycles. The molecule has 7 aliphatic heterocycles. The molecule has 139 heavy (non-hydrogen) atoms.